The first-order chi connectivity index (χ1) is 7.74. The van der Waals surface area contributed by atoms with Crippen molar-refractivity contribution in [3.05, 3.63) is 30.3 Å². The van der Waals surface area contributed by atoms with Crippen molar-refractivity contribution in [1.82, 2.24) is 5.32 Å². The molecule has 1 N–H and O–H groups in total. The molecule has 1 unspecified atom stereocenters. The highest BCUT2D eigenvalue weighted by molar-refractivity contribution is 7.99. The van der Waals surface area contributed by atoms with E-state index in [1.165, 1.54) is 11.3 Å². The average molecular weight is 237 g/mol. The first-order valence-corrected chi connectivity index (χ1v) is 7.13. The Hall–Kier alpha value is -0.470. The number of hydrogen-bond donors (Lipinski definition) is 1. The van der Waals surface area contributed by atoms with Crippen LogP contribution in [-0.2, 0) is 0 Å². The highest BCUT2D eigenvalue weighted by Crippen LogP contribution is 2.20. The zero-order valence-corrected chi connectivity index (χ0v) is 11.4. The summed E-state index contributed by atoms with van der Waals surface area (Å²) in [6.07, 6.45) is 1.21. The maximum absolute atomic E-state index is 3.62. The maximum Gasteiger partial charge on any atom is 0.0184 e. The molecule has 90 valence electrons. The van der Waals surface area contributed by atoms with Gasteiger partial charge in [-0.15, -0.1) is 11.8 Å². The SMILES string of the molecule is CCCNC(CSc1ccccc1)C(C)C. The van der Waals surface area contributed by atoms with Crippen molar-refractivity contribution in [1.29, 1.82) is 0 Å². The van der Waals surface area contributed by atoms with Gasteiger partial charge < -0.3 is 5.32 Å². The molecule has 0 aliphatic rings. The third-order valence-electron chi connectivity index (χ3n) is 2.63. The normalized spacial score (nSPS) is 13.0. The molecular weight excluding hydrogens is 214 g/mol. The summed E-state index contributed by atoms with van der Waals surface area (Å²) in [7, 11) is 0. The zero-order valence-electron chi connectivity index (χ0n) is 10.6. The van der Waals surface area contributed by atoms with Crippen molar-refractivity contribution in [2.24, 2.45) is 5.92 Å². The minimum Gasteiger partial charge on any atom is -0.313 e. The van der Waals surface area contributed by atoms with Crippen LogP contribution in [0.2, 0.25) is 0 Å². The minimum absolute atomic E-state index is 0.616. The van der Waals surface area contributed by atoms with Crippen molar-refractivity contribution < 1.29 is 0 Å². The van der Waals surface area contributed by atoms with Gasteiger partial charge >= 0.3 is 0 Å². The Morgan fingerprint density at radius 3 is 2.44 bits per heavy atom. The van der Waals surface area contributed by atoms with E-state index >= 15 is 0 Å². The summed E-state index contributed by atoms with van der Waals surface area (Å²) in [5.41, 5.74) is 0. The third kappa shape index (κ3) is 5.04. The fourth-order valence-corrected chi connectivity index (χ4v) is 2.74. The molecule has 0 heterocycles. The van der Waals surface area contributed by atoms with Gasteiger partial charge in [-0.05, 0) is 31.0 Å². The molecule has 1 rings (SSSR count). The van der Waals surface area contributed by atoms with Crippen molar-refractivity contribution in [3.8, 4) is 0 Å². The second kappa shape index (κ2) is 7.75. The summed E-state index contributed by atoms with van der Waals surface area (Å²) in [5.74, 6) is 1.85. The summed E-state index contributed by atoms with van der Waals surface area (Å²) in [5, 5.41) is 3.62. The lowest BCUT2D eigenvalue weighted by atomic mass is 10.1. The summed E-state index contributed by atoms with van der Waals surface area (Å²) in [6.45, 7) is 7.92. The number of thioether (sulfide) groups is 1. The Morgan fingerprint density at radius 2 is 1.88 bits per heavy atom. The first kappa shape index (κ1) is 13.6. The summed E-state index contributed by atoms with van der Waals surface area (Å²) in [4.78, 5) is 1.37. The smallest absolute Gasteiger partial charge is 0.0184 e. The van der Waals surface area contributed by atoms with E-state index in [1.807, 2.05) is 11.8 Å². The monoisotopic (exact) mass is 237 g/mol. The third-order valence-corrected chi connectivity index (χ3v) is 3.77. The topological polar surface area (TPSA) is 12.0 Å². The van der Waals surface area contributed by atoms with Crippen molar-refractivity contribution >= 4 is 11.8 Å². The molecule has 0 aliphatic carbocycles. The van der Waals surface area contributed by atoms with Crippen LogP contribution in [0.15, 0.2) is 35.2 Å². The van der Waals surface area contributed by atoms with E-state index in [0.717, 1.165) is 12.3 Å². The molecule has 0 saturated carbocycles. The molecule has 0 radical (unpaired) electrons. The Labute approximate surface area is 104 Å². The quantitative estimate of drug-likeness (QED) is 0.724. The molecule has 0 saturated heterocycles. The van der Waals surface area contributed by atoms with Gasteiger partial charge in [0.2, 0.25) is 0 Å². The Morgan fingerprint density at radius 1 is 1.19 bits per heavy atom. The number of hydrogen-bond acceptors (Lipinski definition) is 2. The van der Waals surface area contributed by atoms with E-state index in [1.54, 1.807) is 0 Å². The van der Waals surface area contributed by atoms with Crippen LogP contribution in [0.5, 0.6) is 0 Å². The molecule has 1 atom stereocenters. The lowest BCUT2D eigenvalue weighted by molar-refractivity contribution is 0.434. The lowest BCUT2D eigenvalue weighted by Gasteiger charge is -2.21. The molecule has 0 aliphatic heterocycles. The fourth-order valence-electron chi connectivity index (χ4n) is 1.52. The van der Waals surface area contributed by atoms with Crippen LogP contribution in [0, 0.1) is 5.92 Å². The van der Waals surface area contributed by atoms with Gasteiger partial charge in [0, 0.05) is 16.7 Å². The Balaban J connectivity index is 2.38. The van der Waals surface area contributed by atoms with Crippen LogP contribution in [0.3, 0.4) is 0 Å². The summed E-state index contributed by atoms with van der Waals surface area (Å²) < 4.78 is 0. The highest BCUT2D eigenvalue weighted by Gasteiger charge is 2.12. The second-order valence-corrected chi connectivity index (χ2v) is 5.52. The van der Waals surface area contributed by atoms with E-state index in [0.29, 0.717) is 12.0 Å². The van der Waals surface area contributed by atoms with Gasteiger partial charge in [0.25, 0.3) is 0 Å². The minimum atomic E-state index is 0.616. The van der Waals surface area contributed by atoms with Crippen LogP contribution in [0.25, 0.3) is 0 Å². The number of rotatable bonds is 7. The van der Waals surface area contributed by atoms with E-state index in [4.69, 9.17) is 0 Å². The Kier molecular flexibility index (Phi) is 6.58. The zero-order chi connectivity index (χ0) is 11.8. The van der Waals surface area contributed by atoms with Crippen LogP contribution in [-0.4, -0.2) is 18.3 Å². The van der Waals surface area contributed by atoms with Gasteiger partial charge in [0.1, 0.15) is 0 Å². The van der Waals surface area contributed by atoms with Crippen LogP contribution in [0.4, 0.5) is 0 Å². The van der Waals surface area contributed by atoms with E-state index in [-0.39, 0.29) is 0 Å². The van der Waals surface area contributed by atoms with Gasteiger partial charge in [0.15, 0.2) is 0 Å². The maximum atomic E-state index is 3.62. The van der Waals surface area contributed by atoms with Gasteiger partial charge in [-0.2, -0.15) is 0 Å². The first-order valence-electron chi connectivity index (χ1n) is 6.15. The van der Waals surface area contributed by atoms with Crippen LogP contribution >= 0.6 is 11.8 Å². The number of benzene rings is 1. The molecule has 0 aromatic heterocycles. The van der Waals surface area contributed by atoms with Crippen LogP contribution in [0.1, 0.15) is 27.2 Å². The van der Waals surface area contributed by atoms with Gasteiger partial charge in [-0.1, -0.05) is 39.0 Å². The molecule has 2 heteroatoms. The van der Waals surface area contributed by atoms with Gasteiger partial charge in [-0.3, -0.25) is 0 Å². The fraction of sp³-hybridized carbons (Fsp3) is 0.571. The molecule has 0 bridgehead atoms. The molecule has 0 fully saturated rings. The predicted octanol–water partition coefficient (Wildman–Crippen LogP) is 3.80. The standard InChI is InChI=1S/C14H23NS/c1-4-10-15-14(12(2)3)11-16-13-8-6-5-7-9-13/h5-9,12,14-15H,4,10-11H2,1-3H3. The lowest BCUT2D eigenvalue weighted by Crippen LogP contribution is -2.36. The molecule has 0 spiro atoms. The van der Waals surface area contributed by atoms with Crippen molar-refractivity contribution in [2.45, 2.75) is 38.1 Å². The molecule has 16 heavy (non-hydrogen) atoms. The van der Waals surface area contributed by atoms with Gasteiger partial charge in [0.05, 0.1) is 0 Å². The summed E-state index contributed by atoms with van der Waals surface area (Å²) in [6, 6.07) is 11.3. The highest BCUT2D eigenvalue weighted by atomic mass is 32.2. The van der Waals surface area contributed by atoms with E-state index in [9.17, 15) is 0 Å². The predicted molar refractivity (Wildman–Crippen MR) is 74.1 cm³/mol. The number of nitrogens with one attached hydrogen (secondary N) is 1. The Bertz CT molecular complexity index is 271. The second-order valence-electron chi connectivity index (χ2n) is 4.43. The summed E-state index contributed by atoms with van der Waals surface area (Å²) >= 11 is 1.94. The largest absolute Gasteiger partial charge is 0.313 e. The van der Waals surface area contributed by atoms with E-state index in [2.05, 4.69) is 56.4 Å². The van der Waals surface area contributed by atoms with Crippen molar-refractivity contribution in [3.63, 3.8) is 0 Å². The van der Waals surface area contributed by atoms with E-state index < -0.39 is 0 Å². The average Bonchev–Trinajstić information content (AvgIpc) is 2.30. The molecule has 1 aromatic rings. The van der Waals surface area contributed by atoms with Crippen molar-refractivity contribution in [2.75, 3.05) is 12.3 Å². The molecular formula is C14H23NS. The molecule has 1 nitrogen and oxygen atoms in total. The molecule has 1 aromatic carbocycles. The molecule has 0 amide bonds. The van der Waals surface area contributed by atoms with Crippen LogP contribution < -0.4 is 5.32 Å². The van der Waals surface area contributed by atoms with Gasteiger partial charge in [-0.25, -0.2) is 0 Å².